The van der Waals surface area contributed by atoms with Crippen molar-refractivity contribution in [3.63, 3.8) is 0 Å². The van der Waals surface area contributed by atoms with Crippen LogP contribution < -0.4 is 15.4 Å². The average molecular weight is 412 g/mol. The number of rotatable bonds is 6. The van der Waals surface area contributed by atoms with Crippen LogP contribution in [0.2, 0.25) is 0 Å². The van der Waals surface area contributed by atoms with Crippen LogP contribution >= 0.6 is 0 Å². The number of urea groups is 1. The molecule has 2 aliphatic rings. The SMILES string of the molecule is C=C/C=C1/O[C@@H]2[C@H](NC(=O)Nc3ccc(F)cc3F)[C@@H]2/C1=C/COc1ccncn1. The van der Waals surface area contributed by atoms with E-state index in [4.69, 9.17) is 9.47 Å². The molecule has 0 radical (unpaired) electrons. The number of amides is 2. The zero-order valence-electron chi connectivity index (χ0n) is 15.7. The number of anilines is 1. The van der Waals surface area contributed by atoms with E-state index in [1.807, 2.05) is 6.08 Å². The van der Waals surface area contributed by atoms with Gasteiger partial charge >= 0.3 is 6.03 Å². The van der Waals surface area contributed by atoms with Gasteiger partial charge in [-0.1, -0.05) is 12.7 Å². The Kier molecular flexibility index (Phi) is 5.42. The van der Waals surface area contributed by atoms with Crippen molar-refractivity contribution < 1.29 is 23.0 Å². The number of fused-ring (bicyclic) bond motifs is 1. The average Bonchev–Trinajstić information content (AvgIpc) is 3.24. The molecule has 154 valence electrons. The summed E-state index contributed by atoms with van der Waals surface area (Å²) in [6.45, 7) is 3.94. The van der Waals surface area contributed by atoms with E-state index in [0.29, 0.717) is 17.7 Å². The Morgan fingerprint density at radius 3 is 2.93 bits per heavy atom. The van der Waals surface area contributed by atoms with Crippen molar-refractivity contribution in [3.8, 4) is 5.88 Å². The van der Waals surface area contributed by atoms with Gasteiger partial charge in [0.2, 0.25) is 5.88 Å². The Balaban J connectivity index is 1.38. The van der Waals surface area contributed by atoms with Crippen molar-refractivity contribution in [2.24, 2.45) is 5.92 Å². The number of carbonyl (C=O) groups is 1. The molecule has 1 aromatic heterocycles. The fourth-order valence-corrected chi connectivity index (χ4v) is 3.31. The fraction of sp³-hybridized carbons (Fsp3) is 0.190. The molecule has 0 bridgehead atoms. The van der Waals surface area contributed by atoms with Crippen molar-refractivity contribution in [2.45, 2.75) is 12.1 Å². The van der Waals surface area contributed by atoms with Gasteiger partial charge in [-0.3, -0.25) is 0 Å². The number of halogens is 2. The minimum Gasteiger partial charge on any atom is -0.487 e. The van der Waals surface area contributed by atoms with Crippen LogP contribution in [0.15, 0.2) is 72.9 Å². The van der Waals surface area contributed by atoms with Crippen LogP contribution in [-0.4, -0.2) is 34.8 Å². The molecule has 3 atom stereocenters. The monoisotopic (exact) mass is 412 g/mol. The van der Waals surface area contributed by atoms with E-state index in [2.05, 4.69) is 27.2 Å². The molecule has 2 N–H and O–H groups in total. The van der Waals surface area contributed by atoms with Gasteiger partial charge in [0.25, 0.3) is 0 Å². The minimum absolute atomic E-state index is 0.0611. The second-order valence-corrected chi connectivity index (χ2v) is 6.64. The molecule has 0 unspecified atom stereocenters. The van der Waals surface area contributed by atoms with Crippen molar-refractivity contribution >= 4 is 11.7 Å². The van der Waals surface area contributed by atoms with E-state index < -0.39 is 17.7 Å². The molecule has 2 heterocycles. The number of ether oxygens (including phenoxy) is 2. The molecule has 2 amide bonds. The van der Waals surface area contributed by atoms with Gasteiger partial charge in [0, 0.05) is 23.9 Å². The minimum atomic E-state index is -0.851. The van der Waals surface area contributed by atoms with Crippen LogP contribution in [0.25, 0.3) is 0 Å². The van der Waals surface area contributed by atoms with E-state index in [-0.39, 0.29) is 30.4 Å². The number of aromatic nitrogens is 2. The van der Waals surface area contributed by atoms with Gasteiger partial charge in [-0.2, -0.15) is 0 Å². The standard InChI is InChI=1S/C21H18F2N4O3/c1-2-3-16-13(7-9-29-17-6-8-24-11-25-17)18-19(20(18)30-16)27-21(28)26-15-5-4-12(22)10-14(15)23/h2-8,10-11,18-20H,1,9H2,(H2,26,27,28)/b13-7+,16-3+/t18-,19+,20-/m0/s1. The number of nitrogens with zero attached hydrogens (tertiary/aromatic N) is 2. The first-order chi connectivity index (χ1) is 14.6. The van der Waals surface area contributed by atoms with Crippen LogP contribution in [0, 0.1) is 17.6 Å². The van der Waals surface area contributed by atoms with Gasteiger partial charge < -0.3 is 20.1 Å². The van der Waals surface area contributed by atoms with Gasteiger partial charge in [-0.25, -0.2) is 23.5 Å². The summed E-state index contributed by atoms with van der Waals surface area (Å²) >= 11 is 0. The molecule has 2 aromatic rings. The molecule has 1 saturated carbocycles. The van der Waals surface area contributed by atoms with E-state index in [0.717, 1.165) is 17.7 Å². The zero-order chi connectivity index (χ0) is 21.1. The molecule has 2 fully saturated rings. The Labute approximate surface area is 171 Å². The fourth-order valence-electron chi connectivity index (χ4n) is 3.31. The first-order valence-corrected chi connectivity index (χ1v) is 9.18. The van der Waals surface area contributed by atoms with Gasteiger partial charge in [-0.15, -0.1) is 0 Å². The molecule has 1 aliphatic carbocycles. The second kappa shape index (κ2) is 8.32. The van der Waals surface area contributed by atoms with E-state index in [1.54, 1.807) is 24.4 Å². The van der Waals surface area contributed by atoms with Crippen molar-refractivity contribution in [3.05, 3.63) is 84.6 Å². The highest BCUT2D eigenvalue weighted by molar-refractivity contribution is 5.90. The third-order valence-corrected chi connectivity index (χ3v) is 4.70. The molecule has 7 nitrogen and oxygen atoms in total. The Bertz CT molecular complexity index is 1030. The molecule has 0 spiro atoms. The topological polar surface area (TPSA) is 85.4 Å². The maximum absolute atomic E-state index is 13.7. The van der Waals surface area contributed by atoms with E-state index >= 15 is 0 Å². The van der Waals surface area contributed by atoms with Crippen LogP contribution in [0.1, 0.15) is 0 Å². The van der Waals surface area contributed by atoms with Gasteiger partial charge in [0.15, 0.2) is 0 Å². The molecular formula is C21H18F2N4O3. The Morgan fingerprint density at radius 2 is 2.20 bits per heavy atom. The maximum Gasteiger partial charge on any atom is 0.319 e. The Hall–Kier alpha value is -3.75. The Morgan fingerprint density at radius 1 is 1.33 bits per heavy atom. The first kappa shape index (κ1) is 19.6. The number of hydrogen-bond acceptors (Lipinski definition) is 5. The van der Waals surface area contributed by atoms with Crippen LogP contribution in [-0.2, 0) is 4.74 Å². The lowest BCUT2D eigenvalue weighted by atomic mass is 10.1. The summed E-state index contributed by atoms with van der Waals surface area (Å²) in [4.78, 5) is 20.0. The molecule has 9 heteroatoms. The summed E-state index contributed by atoms with van der Waals surface area (Å²) in [5.74, 6) is -0.527. The predicted molar refractivity (Wildman–Crippen MR) is 105 cm³/mol. The van der Waals surface area contributed by atoms with Gasteiger partial charge in [-0.05, 0) is 24.3 Å². The highest BCUT2D eigenvalue weighted by Crippen LogP contribution is 2.51. The maximum atomic E-state index is 13.7. The summed E-state index contributed by atoms with van der Waals surface area (Å²) in [6, 6.07) is 3.70. The normalized spacial score (nSPS) is 24.1. The summed E-state index contributed by atoms with van der Waals surface area (Å²) in [5, 5.41) is 5.13. The van der Waals surface area contributed by atoms with Crippen LogP contribution in [0.3, 0.4) is 0 Å². The van der Waals surface area contributed by atoms with Crippen LogP contribution in [0.4, 0.5) is 19.3 Å². The third kappa shape index (κ3) is 4.14. The molecule has 1 saturated heterocycles. The van der Waals surface area contributed by atoms with Crippen molar-refractivity contribution in [1.29, 1.82) is 0 Å². The number of allylic oxidation sites excluding steroid dienone is 3. The van der Waals surface area contributed by atoms with Crippen molar-refractivity contribution in [2.75, 3.05) is 11.9 Å². The van der Waals surface area contributed by atoms with E-state index in [9.17, 15) is 13.6 Å². The highest BCUT2D eigenvalue weighted by atomic mass is 19.1. The summed E-state index contributed by atoms with van der Waals surface area (Å²) < 4.78 is 38.1. The lowest BCUT2D eigenvalue weighted by molar-refractivity contribution is 0.210. The zero-order valence-corrected chi connectivity index (χ0v) is 15.7. The van der Waals surface area contributed by atoms with Crippen molar-refractivity contribution in [1.82, 2.24) is 15.3 Å². The highest BCUT2D eigenvalue weighted by Gasteiger charge is 2.61. The molecular weight excluding hydrogens is 394 g/mol. The summed E-state index contributed by atoms with van der Waals surface area (Å²) in [6.07, 6.45) is 7.96. The molecule has 1 aliphatic heterocycles. The third-order valence-electron chi connectivity index (χ3n) is 4.70. The van der Waals surface area contributed by atoms with Gasteiger partial charge in [0.1, 0.15) is 36.4 Å². The number of carbonyl (C=O) groups excluding carboxylic acids is 1. The number of hydrogen-bond donors (Lipinski definition) is 2. The predicted octanol–water partition coefficient (Wildman–Crippen LogP) is 3.35. The van der Waals surface area contributed by atoms with Gasteiger partial charge in [0.05, 0.1) is 17.6 Å². The van der Waals surface area contributed by atoms with Crippen LogP contribution in [0.5, 0.6) is 5.88 Å². The summed E-state index contributed by atoms with van der Waals surface area (Å²) in [5.41, 5.74) is 0.772. The number of nitrogens with one attached hydrogen (secondary N) is 2. The summed E-state index contributed by atoms with van der Waals surface area (Å²) in [7, 11) is 0. The van der Waals surface area contributed by atoms with E-state index in [1.165, 1.54) is 6.33 Å². The molecule has 4 rings (SSSR count). The lowest BCUT2D eigenvalue weighted by Crippen LogP contribution is -2.34. The number of benzene rings is 1. The first-order valence-electron chi connectivity index (χ1n) is 9.18. The lowest BCUT2D eigenvalue weighted by Gasteiger charge is -2.13. The molecule has 1 aromatic carbocycles. The largest absolute Gasteiger partial charge is 0.487 e. The molecule has 30 heavy (non-hydrogen) atoms. The quantitative estimate of drug-likeness (QED) is 0.760. The second-order valence-electron chi connectivity index (χ2n) is 6.64. The smallest absolute Gasteiger partial charge is 0.319 e.